The van der Waals surface area contributed by atoms with Crippen LogP contribution in [-0.2, 0) is 5.75 Å². The minimum absolute atomic E-state index is 0.898. The number of hydrogen-bond acceptors (Lipinski definition) is 3. The van der Waals surface area contributed by atoms with Crippen LogP contribution in [0.25, 0.3) is 11.0 Å². The Balaban J connectivity index is 1.79. The van der Waals surface area contributed by atoms with E-state index in [1.807, 2.05) is 30.0 Å². The van der Waals surface area contributed by atoms with Crippen molar-refractivity contribution in [2.45, 2.75) is 9.96 Å². The average molecular weight is 246 g/mol. The molecular formula is C13H10OS2. The molecule has 0 amide bonds. The quantitative estimate of drug-likeness (QED) is 0.616. The summed E-state index contributed by atoms with van der Waals surface area (Å²) in [5.74, 6) is 1.94. The minimum atomic E-state index is 0.898. The normalized spacial score (nSPS) is 11.0. The van der Waals surface area contributed by atoms with E-state index in [9.17, 15) is 0 Å². The molecule has 0 saturated heterocycles. The minimum Gasteiger partial charge on any atom is -0.460 e. The molecule has 2 heterocycles. The van der Waals surface area contributed by atoms with Crippen molar-refractivity contribution in [3.8, 4) is 0 Å². The third-order valence-corrected chi connectivity index (χ3v) is 4.48. The van der Waals surface area contributed by atoms with Crippen LogP contribution in [0.4, 0.5) is 0 Å². The van der Waals surface area contributed by atoms with Crippen LogP contribution in [0.3, 0.4) is 0 Å². The molecule has 3 heteroatoms. The SMILES string of the molecule is c1csc(SCc2cc3ccccc3o2)c1. The summed E-state index contributed by atoms with van der Waals surface area (Å²) in [4.78, 5) is 0. The zero-order valence-corrected chi connectivity index (χ0v) is 10.2. The number of thiophene rings is 1. The van der Waals surface area contributed by atoms with E-state index in [0.717, 1.165) is 17.1 Å². The van der Waals surface area contributed by atoms with E-state index in [1.165, 1.54) is 9.60 Å². The van der Waals surface area contributed by atoms with Crippen molar-refractivity contribution in [1.29, 1.82) is 0 Å². The molecule has 3 aromatic rings. The number of furan rings is 1. The first-order chi connectivity index (χ1) is 7.92. The molecule has 16 heavy (non-hydrogen) atoms. The highest BCUT2D eigenvalue weighted by Gasteiger charge is 2.03. The molecule has 0 aliphatic carbocycles. The van der Waals surface area contributed by atoms with Gasteiger partial charge in [-0.15, -0.1) is 23.1 Å². The third-order valence-electron chi connectivity index (χ3n) is 2.33. The smallest absolute Gasteiger partial charge is 0.134 e. The van der Waals surface area contributed by atoms with Gasteiger partial charge in [0.05, 0.1) is 9.96 Å². The summed E-state index contributed by atoms with van der Waals surface area (Å²) in [6.45, 7) is 0. The highest BCUT2D eigenvalue weighted by atomic mass is 32.2. The largest absolute Gasteiger partial charge is 0.460 e. The van der Waals surface area contributed by atoms with Gasteiger partial charge in [-0.2, -0.15) is 0 Å². The monoisotopic (exact) mass is 246 g/mol. The van der Waals surface area contributed by atoms with Crippen molar-refractivity contribution in [3.05, 3.63) is 53.6 Å². The van der Waals surface area contributed by atoms with Crippen molar-refractivity contribution in [3.63, 3.8) is 0 Å². The average Bonchev–Trinajstić information content (AvgIpc) is 2.95. The maximum Gasteiger partial charge on any atom is 0.134 e. The summed E-state index contributed by atoms with van der Waals surface area (Å²) in [6.07, 6.45) is 0. The highest BCUT2D eigenvalue weighted by Crippen LogP contribution is 2.29. The summed E-state index contributed by atoms with van der Waals surface area (Å²) in [5.41, 5.74) is 0.976. The Morgan fingerprint density at radius 3 is 2.88 bits per heavy atom. The molecule has 0 radical (unpaired) electrons. The topological polar surface area (TPSA) is 13.1 Å². The lowest BCUT2D eigenvalue weighted by atomic mass is 10.2. The van der Waals surface area contributed by atoms with E-state index in [2.05, 4.69) is 29.6 Å². The lowest BCUT2D eigenvalue weighted by molar-refractivity contribution is 0.574. The second kappa shape index (κ2) is 4.36. The van der Waals surface area contributed by atoms with Crippen molar-refractivity contribution < 1.29 is 4.42 Å². The van der Waals surface area contributed by atoms with Crippen LogP contribution < -0.4 is 0 Å². The zero-order valence-electron chi connectivity index (χ0n) is 8.55. The fourth-order valence-corrected chi connectivity index (χ4v) is 3.26. The third kappa shape index (κ3) is 2.01. The van der Waals surface area contributed by atoms with Crippen LogP contribution in [0, 0.1) is 0 Å². The molecule has 0 N–H and O–H groups in total. The van der Waals surface area contributed by atoms with E-state index in [0.29, 0.717) is 0 Å². The molecule has 0 fully saturated rings. The van der Waals surface area contributed by atoms with Crippen molar-refractivity contribution >= 4 is 34.1 Å². The van der Waals surface area contributed by atoms with Crippen molar-refractivity contribution in [1.82, 2.24) is 0 Å². The van der Waals surface area contributed by atoms with Gasteiger partial charge in [0, 0.05) is 5.39 Å². The molecule has 0 aliphatic heterocycles. The lowest BCUT2D eigenvalue weighted by Gasteiger charge is -1.93. The Hall–Kier alpha value is -1.19. The number of benzene rings is 1. The fraction of sp³-hybridized carbons (Fsp3) is 0.0769. The van der Waals surface area contributed by atoms with Gasteiger partial charge >= 0.3 is 0 Å². The first kappa shape index (κ1) is 10.00. The van der Waals surface area contributed by atoms with Gasteiger partial charge in [0.2, 0.25) is 0 Å². The van der Waals surface area contributed by atoms with E-state index in [1.54, 1.807) is 11.3 Å². The summed E-state index contributed by atoms with van der Waals surface area (Å²) < 4.78 is 7.08. The Labute approximate surface area is 102 Å². The van der Waals surface area contributed by atoms with Gasteiger partial charge in [-0.1, -0.05) is 24.3 Å². The summed E-state index contributed by atoms with van der Waals surface area (Å²) in [6, 6.07) is 14.5. The van der Waals surface area contributed by atoms with Crippen molar-refractivity contribution in [2.75, 3.05) is 0 Å². The number of fused-ring (bicyclic) bond motifs is 1. The fourth-order valence-electron chi connectivity index (χ4n) is 1.60. The maximum atomic E-state index is 5.75. The van der Waals surface area contributed by atoms with E-state index in [-0.39, 0.29) is 0 Å². The lowest BCUT2D eigenvalue weighted by Crippen LogP contribution is -1.71. The zero-order chi connectivity index (χ0) is 10.8. The van der Waals surface area contributed by atoms with Crippen LogP contribution in [0.2, 0.25) is 0 Å². The standard InChI is InChI=1S/C13H10OS2/c1-2-5-12-10(4-1)8-11(14-12)9-16-13-6-3-7-15-13/h1-8H,9H2. The number of hydrogen-bond donors (Lipinski definition) is 0. The number of rotatable bonds is 3. The van der Waals surface area contributed by atoms with Gasteiger partial charge in [-0.05, 0) is 23.6 Å². The van der Waals surface area contributed by atoms with E-state index in [4.69, 9.17) is 4.42 Å². The van der Waals surface area contributed by atoms with Crippen molar-refractivity contribution in [2.24, 2.45) is 0 Å². The van der Waals surface area contributed by atoms with Crippen LogP contribution in [-0.4, -0.2) is 0 Å². The molecule has 0 atom stereocenters. The summed E-state index contributed by atoms with van der Waals surface area (Å²) >= 11 is 3.59. The Kier molecular flexibility index (Phi) is 2.72. The first-order valence-electron chi connectivity index (χ1n) is 5.05. The first-order valence-corrected chi connectivity index (χ1v) is 6.92. The molecule has 0 unspecified atom stereocenters. The van der Waals surface area contributed by atoms with Crippen LogP contribution in [0.1, 0.15) is 5.76 Å². The van der Waals surface area contributed by atoms with Gasteiger partial charge in [0.1, 0.15) is 11.3 Å². The van der Waals surface area contributed by atoms with Crippen LogP contribution in [0.5, 0.6) is 0 Å². The van der Waals surface area contributed by atoms with Gasteiger partial charge in [-0.3, -0.25) is 0 Å². The predicted octanol–water partition coefficient (Wildman–Crippen LogP) is 4.79. The van der Waals surface area contributed by atoms with E-state index >= 15 is 0 Å². The van der Waals surface area contributed by atoms with Gasteiger partial charge in [0.15, 0.2) is 0 Å². The second-order valence-corrected chi connectivity index (χ2v) is 5.69. The Morgan fingerprint density at radius 1 is 1.12 bits per heavy atom. The molecule has 80 valence electrons. The Bertz CT molecular complexity index is 548. The molecule has 0 spiro atoms. The van der Waals surface area contributed by atoms with Crippen LogP contribution >= 0.6 is 23.1 Å². The molecule has 2 aromatic heterocycles. The molecule has 1 nitrogen and oxygen atoms in total. The second-order valence-electron chi connectivity index (χ2n) is 3.47. The number of para-hydroxylation sites is 1. The summed E-state index contributed by atoms with van der Waals surface area (Å²) in [7, 11) is 0. The molecular weight excluding hydrogens is 236 g/mol. The van der Waals surface area contributed by atoms with Gasteiger partial charge in [0.25, 0.3) is 0 Å². The molecule has 0 bridgehead atoms. The van der Waals surface area contributed by atoms with Crippen LogP contribution in [0.15, 0.2) is 56.5 Å². The molecule has 0 saturated carbocycles. The Morgan fingerprint density at radius 2 is 2.06 bits per heavy atom. The number of thioether (sulfide) groups is 1. The van der Waals surface area contributed by atoms with Gasteiger partial charge < -0.3 is 4.42 Å². The van der Waals surface area contributed by atoms with E-state index < -0.39 is 0 Å². The maximum absolute atomic E-state index is 5.75. The molecule has 0 aliphatic rings. The van der Waals surface area contributed by atoms with Gasteiger partial charge in [-0.25, -0.2) is 0 Å². The highest BCUT2D eigenvalue weighted by molar-refractivity contribution is 8.00. The molecule has 1 aromatic carbocycles. The molecule has 3 rings (SSSR count). The predicted molar refractivity (Wildman–Crippen MR) is 70.1 cm³/mol. The summed E-state index contributed by atoms with van der Waals surface area (Å²) in [5, 5.41) is 3.28.